The van der Waals surface area contributed by atoms with E-state index in [2.05, 4.69) is 62.5 Å². The molecule has 0 amide bonds. The molecule has 0 aliphatic rings. The summed E-state index contributed by atoms with van der Waals surface area (Å²) in [6.07, 6.45) is 36.5. The van der Waals surface area contributed by atoms with Gasteiger partial charge in [-0.25, -0.2) is 0 Å². The van der Waals surface area contributed by atoms with Crippen molar-refractivity contribution in [2.45, 2.75) is 104 Å². The molecule has 0 unspecified atom stereocenters. The fraction of sp³-hybridized carbons (Fsp3) is 0.667. The monoisotopic (exact) mass is 330 g/mol. The van der Waals surface area contributed by atoms with Crippen molar-refractivity contribution >= 4 is 0 Å². The predicted octanol–water partition coefficient (Wildman–Crippen LogP) is 8.71. The smallest absolute Gasteiger partial charge is 0.0169 e. The normalized spacial score (nSPS) is 12.6. The second-order valence-electron chi connectivity index (χ2n) is 6.64. The van der Waals surface area contributed by atoms with Gasteiger partial charge in [0.1, 0.15) is 0 Å². The Hall–Kier alpha value is -1.04. The van der Waals surface area contributed by atoms with Gasteiger partial charge < -0.3 is 0 Å². The third-order valence-electron chi connectivity index (χ3n) is 4.18. The minimum Gasteiger partial charge on any atom is -0.0882 e. The van der Waals surface area contributed by atoms with E-state index in [4.69, 9.17) is 0 Å². The van der Waals surface area contributed by atoms with E-state index in [1.54, 1.807) is 0 Å². The molecule has 0 saturated heterocycles. The summed E-state index contributed by atoms with van der Waals surface area (Å²) in [4.78, 5) is 0. The maximum Gasteiger partial charge on any atom is -0.0169 e. The highest BCUT2D eigenvalue weighted by Gasteiger charge is 1.87. The molecule has 0 aliphatic heterocycles. The molecule has 0 aromatic carbocycles. The molecule has 0 heterocycles. The van der Waals surface area contributed by atoms with E-state index in [1.165, 1.54) is 70.6 Å². The predicted molar refractivity (Wildman–Crippen MR) is 113 cm³/mol. The van der Waals surface area contributed by atoms with Gasteiger partial charge in [-0.15, -0.1) is 0 Å². The summed E-state index contributed by atoms with van der Waals surface area (Å²) in [5.41, 5.74) is 0. The van der Waals surface area contributed by atoms with Crippen LogP contribution in [0, 0.1) is 0 Å². The largest absolute Gasteiger partial charge is 0.0882 e. The van der Waals surface area contributed by atoms with Crippen molar-refractivity contribution in [1.82, 2.24) is 0 Å². The first-order valence-corrected chi connectivity index (χ1v) is 10.5. The van der Waals surface area contributed by atoms with Gasteiger partial charge in [0.2, 0.25) is 0 Å². The quantitative estimate of drug-likeness (QED) is 0.185. The SMILES string of the molecule is CCCCC/C=C/C/C=C/C/C=C/C/C=C/CCCCCCCC. The van der Waals surface area contributed by atoms with Crippen LogP contribution in [0.25, 0.3) is 0 Å². The molecule has 0 bridgehead atoms. The van der Waals surface area contributed by atoms with E-state index in [0.717, 1.165) is 19.3 Å². The highest BCUT2D eigenvalue weighted by atomic mass is 13.9. The fourth-order valence-corrected chi connectivity index (χ4v) is 2.60. The molecule has 0 saturated carbocycles. The van der Waals surface area contributed by atoms with E-state index in [0.29, 0.717) is 0 Å². The maximum atomic E-state index is 2.35. The van der Waals surface area contributed by atoms with Gasteiger partial charge in [0.25, 0.3) is 0 Å². The Kier molecular flexibility index (Phi) is 21.0. The first kappa shape index (κ1) is 23.0. The van der Waals surface area contributed by atoms with Crippen LogP contribution in [0.15, 0.2) is 48.6 Å². The van der Waals surface area contributed by atoms with E-state index in [-0.39, 0.29) is 0 Å². The van der Waals surface area contributed by atoms with E-state index in [1.807, 2.05) is 0 Å². The summed E-state index contributed by atoms with van der Waals surface area (Å²) >= 11 is 0. The Bertz CT molecular complexity index is 330. The highest BCUT2D eigenvalue weighted by molar-refractivity contribution is 4.99. The van der Waals surface area contributed by atoms with Crippen molar-refractivity contribution in [2.24, 2.45) is 0 Å². The van der Waals surface area contributed by atoms with E-state index in [9.17, 15) is 0 Å². The van der Waals surface area contributed by atoms with Crippen LogP contribution in [0.1, 0.15) is 104 Å². The summed E-state index contributed by atoms with van der Waals surface area (Å²) < 4.78 is 0. The van der Waals surface area contributed by atoms with Gasteiger partial charge in [0.15, 0.2) is 0 Å². The first-order chi connectivity index (χ1) is 11.9. The topological polar surface area (TPSA) is 0 Å². The number of allylic oxidation sites excluding steroid dienone is 8. The van der Waals surface area contributed by atoms with Crippen molar-refractivity contribution in [3.8, 4) is 0 Å². The molecule has 0 radical (unpaired) electrons. The molecule has 138 valence electrons. The van der Waals surface area contributed by atoms with Crippen LogP contribution in [0.4, 0.5) is 0 Å². The summed E-state index contributed by atoms with van der Waals surface area (Å²) in [5, 5.41) is 0. The van der Waals surface area contributed by atoms with Gasteiger partial charge in [-0.1, -0.05) is 107 Å². The molecule has 24 heavy (non-hydrogen) atoms. The first-order valence-electron chi connectivity index (χ1n) is 10.5. The van der Waals surface area contributed by atoms with Crippen LogP contribution in [0.3, 0.4) is 0 Å². The van der Waals surface area contributed by atoms with Crippen molar-refractivity contribution < 1.29 is 0 Å². The van der Waals surface area contributed by atoms with Gasteiger partial charge in [0, 0.05) is 0 Å². The van der Waals surface area contributed by atoms with Gasteiger partial charge in [0.05, 0.1) is 0 Å². The molecule has 0 aromatic heterocycles. The second-order valence-corrected chi connectivity index (χ2v) is 6.64. The maximum absolute atomic E-state index is 2.35. The zero-order valence-electron chi connectivity index (χ0n) is 16.5. The third kappa shape index (κ3) is 21.0. The zero-order valence-corrected chi connectivity index (χ0v) is 16.5. The lowest BCUT2D eigenvalue weighted by molar-refractivity contribution is 0.611. The Labute approximate surface area is 152 Å². The molecule has 0 fully saturated rings. The van der Waals surface area contributed by atoms with Crippen LogP contribution >= 0.6 is 0 Å². The molecule has 0 atom stereocenters. The standard InChI is InChI=1S/C24H42/c1-3-5-7-9-11-13-15-17-19-21-23-24-22-20-18-16-14-12-10-8-6-4-2/h11,13,17-20,23-24H,3-10,12,14-16,21-22H2,1-2H3/b13-11+,19-17+,20-18+,24-23+. The summed E-state index contributed by atoms with van der Waals surface area (Å²) in [6, 6.07) is 0. The van der Waals surface area contributed by atoms with Gasteiger partial charge in [-0.2, -0.15) is 0 Å². The molecule has 0 nitrogen and oxygen atoms in total. The molecule has 0 aromatic rings. The summed E-state index contributed by atoms with van der Waals surface area (Å²) in [7, 11) is 0. The van der Waals surface area contributed by atoms with Crippen molar-refractivity contribution in [1.29, 1.82) is 0 Å². The molecule has 0 rings (SSSR count). The van der Waals surface area contributed by atoms with Crippen LogP contribution < -0.4 is 0 Å². The third-order valence-corrected chi connectivity index (χ3v) is 4.18. The Morgan fingerprint density at radius 2 is 0.708 bits per heavy atom. The summed E-state index contributed by atoms with van der Waals surface area (Å²) in [6.45, 7) is 4.53. The lowest BCUT2D eigenvalue weighted by Gasteiger charge is -1.97. The molecule has 0 spiro atoms. The van der Waals surface area contributed by atoms with Crippen LogP contribution in [-0.4, -0.2) is 0 Å². The Balaban J connectivity index is 3.33. The Morgan fingerprint density at radius 3 is 1.21 bits per heavy atom. The highest BCUT2D eigenvalue weighted by Crippen LogP contribution is 2.07. The molecule has 0 heteroatoms. The van der Waals surface area contributed by atoms with E-state index >= 15 is 0 Å². The second kappa shape index (κ2) is 22.0. The van der Waals surface area contributed by atoms with E-state index < -0.39 is 0 Å². The van der Waals surface area contributed by atoms with Gasteiger partial charge >= 0.3 is 0 Å². The number of rotatable bonds is 17. The van der Waals surface area contributed by atoms with Gasteiger partial charge in [-0.05, 0) is 44.9 Å². The lowest BCUT2D eigenvalue weighted by atomic mass is 10.1. The van der Waals surface area contributed by atoms with Crippen LogP contribution in [0.5, 0.6) is 0 Å². The minimum absolute atomic E-state index is 1.06. The number of unbranched alkanes of at least 4 members (excludes halogenated alkanes) is 9. The molecular formula is C24H42. The van der Waals surface area contributed by atoms with Gasteiger partial charge in [-0.3, -0.25) is 0 Å². The molecule has 0 aliphatic carbocycles. The van der Waals surface area contributed by atoms with Crippen LogP contribution in [-0.2, 0) is 0 Å². The van der Waals surface area contributed by atoms with Crippen molar-refractivity contribution in [3.63, 3.8) is 0 Å². The number of hydrogen-bond acceptors (Lipinski definition) is 0. The minimum atomic E-state index is 1.06. The van der Waals surface area contributed by atoms with Crippen molar-refractivity contribution in [2.75, 3.05) is 0 Å². The Morgan fingerprint density at radius 1 is 0.375 bits per heavy atom. The average molecular weight is 331 g/mol. The molecule has 0 N–H and O–H groups in total. The molecular weight excluding hydrogens is 288 g/mol. The van der Waals surface area contributed by atoms with Crippen molar-refractivity contribution in [3.05, 3.63) is 48.6 Å². The average Bonchev–Trinajstić information content (AvgIpc) is 2.60. The fourth-order valence-electron chi connectivity index (χ4n) is 2.60. The lowest BCUT2D eigenvalue weighted by Crippen LogP contribution is -1.77. The van der Waals surface area contributed by atoms with Crippen LogP contribution in [0.2, 0.25) is 0 Å². The zero-order chi connectivity index (χ0) is 17.6. The summed E-state index contributed by atoms with van der Waals surface area (Å²) in [5.74, 6) is 0. The number of hydrogen-bond donors (Lipinski definition) is 0.